The van der Waals surface area contributed by atoms with Crippen LogP contribution >= 0.6 is 0 Å². The molecule has 0 aromatic heterocycles. The zero-order valence-corrected chi connectivity index (χ0v) is 7.94. The number of aliphatic hydroxyl groups is 3. The molecule has 0 bridgehead atoms. The van der Waals surface area contributed by atoms with Crippen LogP contribution in [0.1, 0.15) is 6.92 Å². The second-order valence-electron chi connectivity index (χ2n) is 3.06. The highest BCUT2D eigenvalue weighted by molar-refractivity contribution is 4.79. The van der Waals surface area contributed by atoms with Crippen LogP contribution in [-0.2, 0) is 4.74 Å². The van der Waals surface area contributed by atoms with Gasteiger partial charge in [-0.05, 0) is 6.92 Å². The van der Waals surface area contributed by atoms with Crippen LogP contribution in [0.25, 0.3) is 0 Å². The second-order valence-corrected chi connectivity index (χ2v) is 3.06. The van der Waals surface area contributed by atoms with Gasteiger partial charge in [-0.25, -0.2) is 0 Å². The third-order valence-electron chi connectivity index (χ3n) is 1.86. The lowest BCUT2D eigenvalue weighted by Gasteiger charge is -2.26. The fourth-order valence-corrected chi connectivity index (χ4v) is 0.727. The summed E-state index contributed by atoms with van der Waals surface area (Å²) in [4.78, 5) is 0. The van der Waals surface area contributed by atoms with Crippen molar-refractivity contribution in [3.63, 3.8) is 0 Å². The van der Waals surface area contributed by atoms with Gasteiger partial charge in [-0.1, -0.05) is 12.2 Å². The fourth-order valence-electron chi connectivity index (χ4n) is 0.727. The Morgan fingerprint density at radius 2 is 1.69 bits per heavy atom. The summed E-state index contributed by atoms with van der Waals surface area (Å²) in [7, 11) is 0. The van der Waals surface area contributed by atoms with Crippen LogP contribution in [0, 0.1) is 5.41 Å². The van der Waals surface area contributed by atoms with Crippen molar-refractivity contribution in [3.05, 3.63) is 12.2 Å². The molecule has 78 valence electrons. The van der Waals surface area contributed by atoms with Gasteiger partial charge in [0, 0.05) is 0 Å². The Balaban J connectivity index is 3.81. The van der Waals surface area contributed by atoms with Gasteiger partial charge in [0.2, 0.25) is 0 Å². The van der Waals surface area contributed by atoms with Crippen LogP contribution in [-0.4, -0.2) is 48.4 Å². The molecule has 0 aromatic rings. The quantitative estimate of drug-likeness (QED) is 0.375. The molecule has 0 aliphatic rings. The Morgan fingerprint density at radius 3 is 2.08 bits per heavy atom. The van der Waals surface area contributed by atoms with Gasteiger partial charge in [0.25, 0.3) is 0 Å². The molecule has 0 amide bonds. The summed E-state index contributed by atoms with van der Waals surface area (Å²) in [5.41, 5.74) is -0.915. The van der Waals surface area contributed by atoms with Crippen LogP contribution in [0.15, 0.2) is 12.2 Å². The third kappa shape index (κ3) is 4.38. The maximum absolute atomic E-state index is 8.92. The first kappa shape index (κ1) is 12.6. The maximum Gasteiger partial charge on any atom is 0.0647 e. The minimum atomic E-state index is -0.915. The number of hydrogen-bond acceptors (Lipinski definition) is 4. The van der Waals surface area contributed by atoms with E-state index in [1.165, 1.54) is 0 Å². The van der Waals surface area contributed by atoms with Crippen molar-refractivity contribution < 1.29 is 20.1 Å². The van der Waals surface area contributed by atoms with Gasteiger partial charge in [0.05, 0.1) is 38.4 Å². The predicted octanol–water partition coefficient (Wildman–Crippen LogP) is -0.458. The first-order valence-electron chi connectivity index (χ1n) is 4.26. The first-order chi connectivity index (χ1) is 6.24. The van der Waals surface area contributed by atoms with E-state index in [9.17, 15) is 0 Å². The minimum Gasteiger partial charge on any atom is -0.396 e. The van der Waals surface area contributed by atoms with Crippen molar-refractivity contribution in [2.75, 3.05) is 33.0 Å². The molecule has 0 rings (SSSR count). The van der Waals surface area contributed by atoms with Gasteiger partial charge < -0.3 is 20.1 Å². The van der Waals surface area contributed by atoms with Gasteiger partial charge in [0.1, 0.15) is 0 Å². The van der Waals surface area contributed by atoms with Gasteiger partial charge in [-0.15, -0.1) is 0 Å². The molecule has 0 aliphatic carbocycles. The van der Waals surface area contributed by atoms with Crippen molar-refractivity contribution in [1.82, 2.24) is 0 Å². The fraction of sp³-hybridized carbons (Fsp3) is 0.778. The van der Waals surface area contributed by atoms with Crippen molar-refractivity contribution in [2.45, 2.75) is 6.92 Å². The van der Waals surface area contributed by atoms with Crippen molar-refractivity contribution in [2.24, 2.45) is 5.41 Å². The SMILES string of the molecule is CC=CCOCC(CO)(CO)CO. The molecule has 0 atom stereocenters. The van der Waals surface area contributed by atoms with Crippen LogP contribution in [0.4, 0.5) is 0 Å². The van der Waals surface area contributed by atoms with E-state index in [1.807, 2.05) is 19.1 Å². The number of ether oxygens (including phenoxy) is 1. The molecule has 0 aliphatic heterocycles. The number of aliphatic hydroxyl groups excluding tert-OH is 3. The lowest BCUT2D eigenvalue weighted by molar-refractivity contribution is -0.0523. The first-order valence-corrected chi connectivity index (χ1v) is 4.26. The number of hydrogen-bond donors (Lipinski definition) is 3. The highest BCUT2D eigenvalue weighted by Gasteiger charge is 2.28. The Labute approximate surface area is 78.5 Å². The zero-order chi connectivity index (χ0) is 10.2. The molecular weight excluding hydrogens is 172 g/mol. The highest BCUT2D eigenvalue weighted by Crippen LogP contribution is 2.14. The Kier molecular flexibility index (Phi) is 6.80. The predicted molar refractivity (Wildman–Crippen MR) is 49.3 cm³/mol. The van der Waals surface area contributed by atoms with Crippen molar-refractivity contribution >= 4 is 0 Å². The van der Waals surface area contributed by atoms with Crippen LogP contribution in [0.2, 0.25) is 0 Å². The molecule has 0 saturated carbocycles. The summed E-state index contributed by atoms with van der Waals surface area (Å²) in [5, 5.41) is 26.7. The molecule has 4 heteroatoms. The minimum absolute atomic E-state index is 0.154. The molecule has 0 saturated heterocycles. The van der Waals surface area contributed by atoms with Gasteiger partial charge in [0.15, 0.2) is 0 Å². The standard InChI is InChI=1S/C9H18O4/c1-2-3-4-13-8-9(5-10,6-11)7-12/h2-3,10-12H,4-8H2,1H3. The second kappa shape index (κ2) is 7.03. The number of rotatable bonds is 7. The van der Waals surface area contributed by atoms with E-state index in [2.05, 4.69) is 0 Å². The summed E-state index contributed by atoms with van der Waals surface area (Å²) in [6, 6.07) is 0. The van der Waals surface area contributed by atoms with Crippen LogP contribution in [0.3, 0.4) is 0 Å². The highest BCUT2D eigenvalue weighted by atomic mass is 16.5. The average molecular weight is 190 g/mol. The zero-order valence-electron chi connectivity index (χ0n) is 7.94. The van der Waals surface area contributed by atoms with E-state index in [1.54, 1.807) is 0 Å². The lowest BCUT2D eigenvalue weighted by atomic mass is 9.93. The summed E-state index contributed by atoms with van der Waals surface area (Å²) in [6.07, 6.45) is 3.66. The summed E-state index contributed by atoms with van der Waals surface area (Å²) in [6.45, 7) is 1.61. The largest absolute Gasteiger partial charge is 0.396 e. The molecule has 3 N–H and O–H groups in total. The lowest BCUT2D eigenvalue weighted by Crippen LogP contribution is -2.38. The summed E-state index contributed by atoms with van der Waals surface area (Å²) >= 11 is 0. The van der Waals surface area contributed by atoms with Crippen molar-refractivity contribution in [1.29, 1.82) is 0 Å². The molecule has 0 heterocycles. The molecule has 0 fully saturated rings. The monoisotopic (exact) mass is 190 g/mol. The maximum atomic E-state index is 8.92. The van der Waals surface area contributed by atoms with Crippen LogP contribution in [0.5, 0.6) is 0 Å². The van der Waals surface area contributed by atoms with Crippen molar-refractivity contribution in [3.8, 4) is 0 Å². The van der Waals surface area contributed by atoms with E-state index >= 15 is 0 Å². The average Bonchev–Trinajstić information content (AvgIpc) is 2.20. The van der Waals surface area contributed by atoms with E-state index in [0.717, 1.165) is 0 Å². The molecule has 0 unspecified atom stereocenters. The molecule has 0 radical (unpaired) electrons. The summed E-state index contributed by atoms with van der Waals surface area (Å²) in [5.74, 6) is 0. The Hall–Kier alpha value is -0.420. The number of allylic oxidation sites excluding steroid dienone is 1. The van der Waals surface area contributed by atoms with Crippen LogP contribution < -0.4 is 0 Å². The molecule has 0 spiro atoms. The van der Waals surface area contributed by atoms with Gasteiger partial charge in [-0.3, -0.25) is 0 Å². The van der Waals surface area contributed by atoms with Gasteiger partial charge in [-0.2, -0.15) is 0 Å². The smallest absolute Gasteiger partial charge is 0.0647 e. The molecular formula is C9H18O4. The van der Waals surface area contributed by atoms with E-state index in [-0.39, 0.29) is 26.4 Å². The van der Waals surface area contributed by atoms with E-state index in [4.69, 9.17) is 20.1 Å². The normalized spacial score (nSPS) is 12.6. The summed E-state index contributed by atoms with van der Waals surface area (Å²) < 4.78 is 5.15. The van der Waals surface area contributed by atoms with Gasteiger partial charge >= 0.3 is 0 Å². The molecule has 4 nitrogen and oxygen atoms in total. The topological polar surface area (TPSA) is 69.9 Å². The van der Waals surface area contributed by atoms with E-state index in [0.29, 0.717) is 6.61 Å². The Bertz CT molecular complexity index is 132. The van der Waals surface area contributed by atoms with E-state index < -0.39 is 5.41 Å². The Morgan fingerprint density at radius 1 is 1.15 bits per heavy atom. The molecule has 0 aromatic carbocycles. The molecule has 13 heavy (non-hydrogen) atoms. The third-order valence-corrected chi connectivity index (χ3v) is 1.86.